The SMILES string of the molecule is CCCCOc1c(OCCC)c(O)c(C(=O)O)c(OCCCC)c1OCCCC. The minimum Gasteiger partial charge on any atom is -0.503 e. The molecule has 0 atom stereocenters. The van der Waals surface area contributed by atoms with Crippen molar-refractivity contribution in [2.75, 3.05) is 26.4 Å². The molecule has 0 aliphatic heterocycles. The smallest absolute Gasteiger partial charge is 0.343 e. The van der Waals surface area contributed by atoms with E-state index in [1.165, 1.54) is 0 Å². The average Bonchev–Trinajstić information content (AvgIpc) is 2.69. The first-order valence-corrected chi connectivity index (χ1v) is 10.7. The second-order valence-corrected chi connectivity index (χ2v) is 6.80. The fourth-order valence-corrected chi connectivity index (χ4v) is 2.54. The van der Waals surface area contributed by atoms with E-state index in [0.29, 0.717) is 32.8 Å². The molecule has 0 aromatic heterocycles. The van der Waals surface area contributed by atoms with Crippen molar-refractivity contribution < 1.29 is 34.0 Å². The lowest BCUT2D eigenvalue weighted by molar-refractivity contribution is 0.0685. The standard InChI is InChI=1S/C22H36O7/c1-5-9-13-27-18-16(22(24)25)17(23)19(26-12-8-4)21(29-15-11-7-3)20(18)28-14-10-6-2/h23H,5-15H2,1-4H3,(H,24,25). The molecule has 166 valence electrons. The van der Waals surface area contributed by atoms with E-state index < -0.39 is 11.7 Å². The van der Waals surface area contributed by atoms with Crippen molar-refractivity contribution >= 4 is 5.97 Å². The number of ether oxygens (including phenoxy) is 4. The van der Waals surface area contributed by atoms with Crippen molar-refractivity contribution in [3.63, 3.8) is 0 Å². The van der Waals surface area contributed by atoms with Crippen LogP contribution in [-0.2, 0) is 0 Å². The Morgan fingerprint density at radius 3 is 1.48 bits per heavy atom. The summed E-state index contributed by atoms with van der Waals surface area (Å²) >= 11 is 0. The van der Waals surface area contributed by atoms with E-state index in [1.54, 1.807) is 0 Å². The van der Waals surface area contributed by atoms with Gasteiger partial charge >= 0.3 is 5.97 Å². The Hall–Kier alpha value is -2.31. The lowest BCUT2D eigenvalue weighted by atomic mass is 10.1. The molecule has 0 unspecified atom stereocenters. The van der Waals surface area contributed by atoms with Gasteiger partial charge in [-0.05, 0) is 25.7 Å². The molecule has 0 saturated carbocycles. The van der Waals surface area contributed by atoms with Gasteiger partial charge in [-0.3, -0.25) is 0 Å². The van der Waals surface area contributed by atoms with Crippen LogP contribution in [0.25, 0.3) is 0 Å². The number of aromatic carboxylic acids is 1. The summed E-state index contributed by atoms with van der Waals surface area (Å²) in [7, 11) is 0. The van der Waals surface area contributed by atoms with Gasteiger partial charge in [0.1, 0.15) is 0 Å². The zero-order chi connectivity index (χ0) is 21.6. The van der Waals surface area contributed by atoms with Crippen molar-refractivity contribution in [1.29, 1.82) is 0 Å². The van der Waals surface area contributed by atoms with Gasteiger partial charge in [-0.2, -0.15) is 0 Å². The Labute approximate surface area is 173 Å². The summed E-state index contributed by atoms with van der Waals surface area (Å²) in [5, 5.41) is 20.5. The number of hydrogen-bond donors (Lipinski definition) is 2. The van der Waals surface area contributed by atoms with Crippen LogP contribution in [0, 0.1) is 0 Å². The van der Waals surface area contributed by atoms with Crippen LogP contribution in [0.1, 0.15) is 83.0 Å². The van der Waals surface area contributed by atoms with Crippen LogP contribution in [0.3, 0.4) is 0 Å². The van der Waals surface area contributed by atoms with Crippen LogP contribution in [0.5, 0.6) is 28.7 Å². The molecule has 0 aliphatic rings. The van der Waals surface area contributed by atoms with Crippen LogP contribution < -0.4 is 18.9 Å². The van der Waals surface area contributed by atoms with Crippen LogP contribution in [0.15, 0.2) is 0 Å². The number of unbranched alkanes of at least 4 members (excludes halogenated alkanes) is 3. The molecular weight excluding hydrogens is 376 g/mol. The summed E-state index contributed by atoms with van der Waals surface area (Å²) in [5.41, 5.74) is -0.360. The third-order valence-electron chi connectivity index (χ3n) is 4.19. The number of carboxylic acid groups (broad SMARTS) is 1. The maximum atomic E-state index is 12.0. The van der Waals surface area contributed by atoms with Crippen molar-refractivity contribution in [2.45, 2.75) is 72.6 Å². The van der Waals surface area contributed by atoms with Crippen LogP contribution >= 0.6 is 0 Å². The van der Waals surface area contributed by atoms with Crippen LogP contribution in [0.4, 0.5) is 0 Å². The van der Waals surface area contributed by atoms with Gasteiger partial charge in [0.2, 0.25) is 17.2 Å². The first-order valence-electron chi connectivity index (χ1n) is 10.7. The van der Waals surface area contributed by atoms with E-state index >= 15 is 0 Å². The zero-order valence-corrected chi connectivity index (χ0v) is 18.2. The van der Waals surface area contributed by atoms with Crippen molar-refractivity contribution in [2.24, 2.45) is 0 Å². The summed E-state index contributed by atoms with van der Waals surface area (Å²) < 4.78 is 23.3. The Morgan fingerprint density at radius 2 is 1.07 bits per heavy atom. The number of hydrogen-bond acceptors (Lipinski definition) is 6. The van der Waals surface area contributed by atoms with Gasteiger partial charge in [0.05, 0.1) is 26.4 Å². The molecule has 1 aromatic rings. The quantitative estimate of drug-likeness (QED) is 0.350. The second kappa shape index (κ2) is 13.8. The van der Waals surface area contributed by atoms with E-state index in [2.05, 4.69) is 0 Å². The van der Waals surface area contributed by atoms with E-state index in [-0.39, 0.29) is 28.6 Å². The number of carboxylic acids is 1. The Kier molecular flexibility index (Phi) is 11.8. The van der Waals surface area contributed by atoms with E-state index in [0.717, 1.165) is 38.5 Å². The summed E-state index contributed by atoms with van der Waals surface area (Å²) in [5.74, 6) is -1.42. The number of benzene rings is 1. The van der Waals surface area contributed by atoms with Gasteiger partial charge in [0.25, 0.3) is 0 Å². The fraction of sp³-hybridized carbons (Fsp3) is 0.682. The van der Waals surface area contributed by atoms with Gasteiger partial charge in [0.15, 0.2) is 17.1 Å². The number of aromatic hydroxyl groups is 1. The first kappa shape index (κ1) is 24.7. The highest BCUT2D eigenvalue weighted by molar-refractivity contribution is 5.97. The summed E-state index contributed by atoms with van der Waals surface area (Å²) in [6.07, 6.45) is 5.76. The molecule has 29 heavy (non-hydrogen) atoms. The molecule has 0 spiro atoms. The maximum Gasteiger partial charge on any atom is 0.343 e. The molecule has 0 aliphatic carbocycles. The molecule has 0 bridgehead atoms. The number of phenols is 1. The average molecular weight is 413 g/mol. The van der Waals surface area contributed by atoms with Gasteiger partial charge in [0, 0.05) is 0 Å². The van der Waals surface area contributed by atoms with Crippen molar-refractivity contribution in [3.8, 4) is 28.7 Å². The molecular formula is C22H36O7. The van der Waals surface area contributed by atoms with Gasteiger partial charge < -0.3 is 29.2 Å². The van der Waals surface area contributed by atoms with Crippen molar-refractivity contribution in [3.05, 3.63) is 5.56 Å². The molecule has 7 heteroatoms. The number of carbonyl (C=O) groups is 1. The summed E-state index contributed by atoms with van der Waals surface area (Å²) in [4.78, 5) is 12.0. The Bertz CT molecular complexity index is 628. The van der Waals surface area contributed by atoms with Crippen molar-refractivity contribution in [1.82, 2.24) is 0 Å². The molecule has 0 heterocycles. The third kappa shape index (κ3) is 7.22. The Morgan fingerprint density at radius 1 is 0.655 bits per heavy atom. The van der Waals surface area contributed by atoms with E-state index in [1.807, 2.05) is 27.7 Å². The van der Waals surface area contributed by atoms with Gasteiger partial charge in [-0.1, -0.05) is 47.0 Å². The highest BCUT2D eigenvalue weighted by Gasteiger charge is 2.32. The topological polar surface area (TPSA) is 94.5 Å². The molecule has 7 nitrogen and oxygen atoms in total. The number of rotatable bonds is 16. The van der Waals surface area contributed by atoms with Crippen LogP contribution in [0.2, 0.25) is 0 Å². The van der Waals surface area contributed by atoms with Gasteiger partial charge in [-0.15, -0.1) is 0 Å². The summed E-state index contributed by atoms with van der Waals surface area (Å²) in [6.45, 7) is 9.40. The second-order valence-electron chi connectivity index (χ2n) is 6.80. The maximum absolute atomic E-state index is 12.0. The fourth-order valence-electron chi connectivity index (χ4n) is 2.54. The normalized spacial score (nSPS) is 10.6. The lowest BCUT2D eigenvalue weighted by Gasteiger charge is -2.22. The van der Waals surface area contributed by atoms with Crippen LogP contribution in [-0.4, -0.2) is 42.6 Å². The predicted octanol–water partition coefficient (Wildman–Crippen LogP) is 5.42. The third-order valence-corrected chi connectivity index (χ3v) is 4.19. The largest absolute Gasteiger partial charge is 0.503 e. The Balaban J connectivity index is 3.58. The minimum absolute atomic E-state index is 0.00472. The minimum atomic E-state index is -1.31. The molecule has 0 fully saturated rings. The highest BCUT2D eigenvalue weighted by Crippen LogP contribution is 2.53. The molecule has 2 N–H and O–H groups in total. The summed E-state index contributed by atoms with van der Waals surface area (Å²) in [6, 6.07) is 0. The molecule has 1 rings (SSSR count). The zero-order valence-electron chi connectivity index (χ0n) is 18.2. The highest BCUT2D eigenvalue weighted by atomic mass is 16.6. The van der Waals surface area contributed by atoms with E-state index in [4.69, 9.17) is 18.9 Å². The van der Waals surface area contributed by atoms with E-state index in [9.17, 15) is 15.0 Å². The van der Waals surface area contributed by atoms with Gasteiger partial charge in [-0.25, -0.2) is 4.79 Å². The first-order chi connectivity index (χ1) is 14.0. The monoisotopic (exact) mass is 412 g/mol. The molecule has 1 aromatic carbocycles. The lowest BCUT2D eigenvalue weighted by Crippen LogP contribution is -2.12. The molecule has 0 amide bonds. The predicted molar refractivity (Wildman–Crippen MR) is 112 cm³/mol. The molecule has 0 radical (unpaired) electrons. The molecule has 0 saturated heterocycles.